The summed E-state index contributed by atoms with van der Waals surface area (Å²) in [6, 6.07) is 23.9. The van der Waals surface area contributed by atoms with E-state index in [-0.39, 0.29) is 5.97 Å². The van der Waals surface area contributed by atoms with Crippen LogP contribution in [0, 0.1) is 0 Å². The summed E-state index contributed by atoms with van der Waals surface area (Å²) < 4.78 is 5.46. The van der Waals surface area contributed by atoms with Crippen molar-refractivity contribution in [3.8, 4) is 0 Å². The van der Waals surface area contributed by atoms with Gasteiger partial charge in [-0.2, -0.15) is 0 Å². The van der Waals surface area contributed by atoms with E-state index in [1.54, 1.807) is 0 Å². The molecule has 0 heterocycles. The van der Waals surface area contributed by atoms with Gasteiger partial charge in [0.2, 0.25) is 0 Å². The van der Waals surface area contributed by atoms with Gasteiger partial charge in [-0.05, 0) is 59.9 Å². The molecule has 0 radical (unpaired) electrons. The molecule has 0 aliphatic carbocycles. The van der Waals surface area contributed by atoms with E-state index >= 15 is 0 Å². The normalized spacial score (nSPS) is 12.2. The molecule has 0 atom stereocenters. The molecular weight excluding hydrogens is 332 g/mol. The molecule has 0 aliphatic heterocycles. The van der Waals surface area contributed by atoms with Crippen molar-refractivity contribution < 1.29 is 9.53 Å². The predicted octanol–water partition coefficient (Wildman–Crippen LogP) is 6.39. The lowest BCUT2D eigenvalue weighted by molar-refractivity contribution is -0.142. The lowest BCUT2D eigenvalue weighted by Gasteiger charge is -2.20. The Morgan fingerprint density at radius 3 is 2.19 bits per heavy atom. The summed E-state index contributed by atoms with van der Waals surface area (Å²) in [4.78, 5) is 11.5. The monoisotopic (exact) mass is 348 g/mol. The summed E-state index contributed by atoms with van der Waals surface area (Å²) in [5.41, 5.74) is 1.09. The Morgan fingerprint density at radius 2 is 1.33 bits per heavy atom. The highest BCUT2D eigenvalue weighted by Gasteiger charge is 2.19. The van der Waals surface area contributed by atoms with Gasteiger partial charge in [-0.15, -0.1) is 0 Å². The van der Waals surface area contributed by atoms with E-state index in [2.05, 4.69) is 66.7 Å². The van der Waals surface area contributed by atoms with Crippen LogP contribution in [0.2, 0.25) is 0 Å². The van der Waals surface area contributed by atoms with Gasteiger partial charge in [-0.1, -0.05) is 60.7 Å². The molecule has 2 nitrogen and oxygen atoms in total. The fourth-order valence-corrected chi connectivity index (χ4v) is 4.72. The second-order valence-electron chi connectivity index (χ2n) is 7.27. The van der Waals surface area contributed by atoms with Crippen LogP contribution in [0.15, 0.2) is 66.7 Å². The van der Waals surface area contributed by atoms with Crippen molar-refractivity contribution in [2.24, 2.45) is 0 Å². The van der Waals surface area contributed by atoms with Crippen LogP contribution in [0.1, 0.15) is 12.5 Å². The molecule has 0 aromatic heterocycles. The molecule has 128 valence electrons. The van der Waals surface area contributed by atoms with Crippen molar-refractivity contribution in [3.05, 3.63) is 72.3 Å². The Kier molecular flexibility index (Phi) is 2.77. The molecule has 0 saturated carbocycles. The maximum atomic E-state index is 11.5. The zero-order chi connectivity index (χ0) is 18.1. The SMILES string of the molecule is CC(=O)OCc1c2cccc3ccc4cc5cccc6ccc1c(c65)c4c32. The second kappa shape index (κ2) is 5.08. The number of carbonyl (C=O) groups excluding carboxylic acids is 1. The summed E-state index contributed by atoms with van der Waals surface area (Å²) in [5, 5.41) is 12.5. The molecule has 6 aromatic rings. The molecule has 6 aromatic carbocycles. The van der Waals surface area contributed by atoms with Crippen LogP contribution in [0.4, 0.5) is 0 Å². The van der Waals surface area contributed by atoms with Gasteiger partial charge in [-0.3, -0.25) is 4.79 Å². The fourth-order valence-electron chi connectivity index (χ4n) is 4.72. The minimum absolute atomic E-state index is 0.252. The molecule has 27 heavy (non-hydrogen) atoms. The van der Waals surface area contributed by atoms with Crippen molar-refractivity contribution in [2.75, 3.05) is 0 Å². The predicted molar refractivity (Wildman–Crippen MR) is 112 cm³/mol. The first-order valence-corrected chi connectivity index (χ1v) is 9.19. The fraction of sp³-hybridized carbons (Fsp3) is 0.0800. The molecule has 0 bridgehead atoms. The highest BCUT2D eigenvalue weighted by atomic mass is 16.5. The van der Waals surface area contributed by atoms with Gasteiger partial charge in [0.25, 0.3) is 0 Å². The first-order chi connectivity index (χ1) is 13.2. The van der Waals surface area contributed by atoms with Crippen LogP contribution in [0.5, 0.6) is 0 Å². The summed E-state index contributed by atoms with van der Waals surface area (Å²) >= 11 is 0. The van der Waals surface area contributed by atoms with Gasteiger partial charge >= 0.3 is 5.97 Å². The van der Waals surface area contributed by atoms with Crippen molar-refractivity contribution in [1.29, 1.82) is 0 Å². The first-order valence-electron chi connectivity index (χ1n) is 9.19. The summed E-state index contributed by atoms with van der Waals surface area (Å²) in [5.74, 6) is -0.252. The minimum Gasteiger partial charge on any atom is -0.461 e. The Labute approximate surface area is 155 Å². The second-order valence-corrected chi connectivity index (χ2v) is 7.27. The van der Waals surface area contributed by atoms with Crippen molar-refractivity contribution >= 4 is 59.8 Å². The lowest BCUT2D eigenvalue weighted by atomic mass is 9.84. The molecule has 0 N–H and O–H groups in total. The number of rotatable bonds is 2. The Balaban J connectivity index is 1.95. The van der Waals surface area contributed by atoms with Crippen molar-refractivity contribution in [3.63, 3.8) is 0 Å². The number of hydrogen-bond acceptors (Lipinski definition) is 2. The number of ether oxygens (including phenoxy) is 1. The van der Waals surface area contributed by atoms with E-state index in [9.17, 15) is 4.79 Å². The molecular formula is C25H16O2. The van der Waals surface area contributed by atoms with Gasteiger partial charge in [0.15, 0.2) is 0 Å². The van der Waals surface area contributed by atoms with Crippen LogP contribution < -0.4 is 0 Å². The maximum absolute atomic E-state index is 11.5. The average molecular weight is 348 g/mol. The Hall–Kier alpha value is -3.39. The van der Waals surface area contributed by atoms with Crippen LogP contribution in [0.3, 0.4) is 0 Å². The molecule has 0 amide bonds. The van der Waals surface area contributed by atoms with Gasteiger partial charge in [-0.25, -0.2) is 0 Å². The molecule has 0 fully saturated rings. The third kappa shape index (κ3) is 1.87. The van der Waals surface area contributed by atoms with E-state index in [1.807, 2.05) is 0 Å². The Bertz CT molecular complexity index is 1490. The van der Waals surface area contributed by atoms with Gasteiger partial charge in [0.05, 0.1) is 0 Å². The first kappa shape index (κ1) is 14.7. The lowest BCUT2D eigenvalue weighted by Crippen LogP contribution is -2.01. The summed E-state index contributed by atoms with van der Waals surface area (Å²) in [7, 11) is 0. The molecule has 6 rings (SSSR count). The standard InChI is InChI=1S/C25H16O2/c1-14(26)27-13-21-19-7-3-5-16-8-9-18-12-17-6-2-4-15-10-11-20(21)25(22(15)17)24(18)23(16)19/h2-12H,13H2,1H3. The molecule has 0 saturated heterocycles. The summed E-state index contributed by atoms with van der Waals surface area (Å²) in [6.45, 7) is 1.76. The quantitative estimate of drug-likeness (QED) is 0.206. The Morgan fingerprint density at radius 1 is 0.704 bits per heavy atom. The highest BCUT2D eigenvalue weighted by Crippen LogP contribution is 2.45. The van der Waals surface area contributed by atoms with E-state index in [1.165, 1.54) is 60.8 Å². The van der Waals surface area contributed by atoms with E-state index in [0.717, 1.165) is 5.56 Å². The number of benzene rings is 6. The van der Waals surface area contributed by atoms with Crippen molar-refractivity contribution in [1.82, 2.24) is 0 Å². The van der Waals surface area contributed by atoms with Crippen molar-refractivity contribution in [2.45, 2.75) is 13.5 Å². The van der Waals surface area contributed by atoms with E-state index in [0.29, 0.717) is 6.61 Å². The van der Waals surface area contributed by atoms with Crippen LogP contribution in [-0.2, 0) is 16.1 Å². The zero-order valence-electron chi connectivity index (χ0n) is 14.9. The average Bonchev–Trinajstić information content (AvgIpc) is 2.69. The topological polar surface area (TPSA) is 26.3 Å². The van der Waals surface area contributed by atoms with Crippen LogP contribution in [-0.4, -0.2) is 5.97 Å². The zero-order valence-corrected chi connectivity index (χ0v) is 14.9. The minimum atomic E-state index is -0.252. The van der Waals surface area contributed by atoms with E-state index < -0.39 is 0 Å². The van der Waals surface area contributed by atoms with E-state index in [4.69, 9.17) is 4.74 Å². The third-order valence-electron chi connectivity index (χ3n) is 5.79. The van der Waals surface area contributed by atoms with Gasteiger partial charge < -0.3 is 4.74 Å². The molecule has 0 spiro atoms. The number of carbonyl (C=O) groups is 1. The smallest absolute Gasteiger partial charge is 0.302 e. The number of hydrogen-bond donors (Lipinski definition) is 0. The number of esters is 1. The van der Waals surface area contributed by atoms with Gasteiger partial charge in [0, 0.05) is 12.5 Å². The maximum Gasteiger partial charge on any atom is 0.302 e. The van der Waals surface area contributed by atoms with Crippen LogP contribution >= 0.6 is 0 Å². The van der Waals surface area contributed by atoms with Crippen LogP contribution in [0.25, 0.3) is 53.9 Å². The third-order valence-corrected chi connectivity index (χ3v) is 5.79. The molecule has 0 unspecified atom stereocenters. The molecule has 0 aliphatic rings. The highest BCUT2D eigenvalue weighted by molar-refractivity contribution is 6.37. The molecule has 2 heteroatoms. The van der Waals surface area contributed by atoms with Gasteiger partial charge in [0.1, 0.15) is 6.61 Å². The largest absolute Gasteiger partial charge is 0.461 e. The summed E-state index contributed by atoms with van der Waals surface area (Å²) in [6.07, 6.45) is 0.